The summed E-state index contributed by atoms with van der Waals surface area (Å²) >= 11 is 0. The van der Waals surface area contributed by atoms with E-state index in [-0.39, 0.29) is 18.9 Å². The third kappa shape index (κ3) is 31.0. The molecule has 62 heavy (non-hydrogen) atoms. The fourth-order valence-electron chi connectivity index (χ4n) is 6.02. The Balaban J connectivity index is 2.35. The number of aliphatic hydroxyl groups excluding tert-OH is 5. The van der Waals surface area contributed by atoms with Crippen molar-refractivity contribution in [2.45, 2.75) is 166 Å². The predicted molar refractivity (Wildman–Crippen MR) is 257 cm³/mol. The first kappa shape index (κ1) is 56.1. The van der Waals surface area contributed by atoms with Crippen molar-refractivity contribution in [3.05, 3.63) is 146 Å². The maximum absolute atomic E-state index is 12.9. The molecule has 0 radical (unpaired) electrons. The highest BCUT2D eigenvalue weighted by Gasteiger charge is 2.44. The van der Waals surface area contributed by atoms with Gasteiger partial charge in [0.2, 0.25) is 5.91 Å². The van der Waals surface area contributed by atoms with Crippen LogP contribution in [0.4, 0.5) is 0 Å². The molecule has 0 aromatic carbocycles. The van der Waals surface area contributed by atoms with Crippen LogP contribution in [0.3, 0.4) is 0 Å². The van der Waals surface area contributed by atoms with Gasteiger partial charge in [-0.2, -0.15) is 0 Å². The molecule has 0 aliphatic carbocycles. The summed E-state index contributed by atoms with van der Waals surface area (Å²) in [7, 11) is 0. The second-order valence-corrected chi connectivity index (χ2v) is 15.1. The number of aliphatic hydroxyl groups is 5. The maximum atomic E-state index is 12.9. The molecule has 1 amide bonds. The van der Waals surface area contributed by atoms with Gasteiger partial charge in [-0.1, -0.05) is 160 Å². The van der Waals surface area contributed by atoms with Crippen LogP contribution in [0.15, 0.2) is 146 Å². The van der Waals surface area contributed by atoms with Crippen molar-refractivity contribution in [3.63, 3.8) is 0 Å². The Hall–Kier alpha value is -3.93. The molecule has 9 nitrogen and oxygen atoms in total. The summed E-state index contributed by atoms with van der Waals surface area (Å²) in [6, 6.07) is -0.868. The first-order chi connectivity index (χ1) is 30.3. The lowest BCUT2D eigenvalue weighted by Gasteiger charge is -2.40. The number of rotatable bonds is 35. The molecule has 0 aromatic rings. The summed E-state index contributed by atoms with van der Waals surface area (Å²) in [6.45, 7) is 3.43. The second-order valence-electron chi connectivity index (χ2n) is 15.1. The fourth-order valence-corrected chi connectivity index (χ4v) is 6.02. The average Bonchev–Trinajstić information content (AvgIpc) is 3.27. The summed E-state index contributed by atoms with van der Waals surface area (Å²) in [6.07, 6.45) is 57.7. The number of amides is 1. The predicted octanol–water partition coefficient (Wildman–Crippen LogP) is 9.99. The first-order valence-corrected chi connectivity index (χ1v) is 23.1. The molecule has 346 valence electrons. The molecular formula is C53H81NO8. The molecule has 1 heterocycles. The number of nitrogens with one attached hydrogen (secondary N) is 1. The molecule has 0 bridgehead atoms. The minimum atomic E-state index is -1.59. The summed E-state index contributed by atoms with van der Waals surface area (Å²) in [4.78, 5) is 12.9. The normalized spacial score (nSPS) is 21.7. The van der Waals surface area contributed by atoms with Gasteiger partial charge in [0, 0.05) is 6.42 Å². The monoisotopic (exact) mass is 860 g/mol. The molecule has 0 aromatic heterocycles. The third-order valence-electron chi connectivity index (χ3n) is 9.64. The van der Waals surface area contributed by atoms with Crippen molar-refractivity contribution in [2.24, 2.45) is 0 Å². The van der Waals surface area contributed by atoms with Crippen molar-refractivity contribution in [1.82, 2.24) is 5.32 Å². The quantitative estimate of drug-likeness (QED) is 0.0273. The molecule has 0 saturated carbocycles. The minimum Gasteiger partial charge on any atom is -0.394 e. The molecule has 9 heteroatoms. The van der Waals surface area contributed by atoms with Crippen LogP contribution in [0.2, 0.25) is 0 Å². The Kier molecular flexibility index (Phi) is 37.2. The molecule has 1 aliphatic heterocycles. The van der Waals surface area contributed by atoms with Gasteiger partial charge in [-0.05, 0) is 103 Å². The molecule has 1 rings (SSSR count). The Labute approximate surface area is 374 Å². The SMILES string of the molecule is CC/C=C\C/C=C\C/C=C\C/C=C\C/C=C\C/C=C\C/C=C\C/C=C\C/C=C\CCCC(=O)NC(COC1OC(CO)C(O)C(O)C1O)C(O)/C=C/CC/C=C/CC/C=C/CC. The van der Waals surface area contributed by atoms with Gasteiger partial charge in [0.25, 0.3) is 0 Å². The molecule has 7 unspecified atom stereocenters. The van der Waals surface area contributed by atoms with Crippen LogP contribution in [0.1, 0.15) is 123 Å². The summed E-state index contributed by atoms with van der Waals surface area (Å²) < 4.78 is 11.1. The van der Waals surface area contributed by atoms with Gasteiger partial charge in [-0.15, -0.1) is 0 Å². The number of ether oxygens (including phenoxy) is 2. The number of unbranched alkanes of at least 4 members (excludes halogenated alkanes) is 3. The Morgan fingerprint density at radius 3 is 1.39 bits per heavy atom. The number of hydrogen-bond donors (Lipinski definition) is 6. The van der Waals surface area contributed by atoms with E-state index in [0.717, 1.165) is 89.9 Å². The topological polar surface area (TPSA) is 149 Å². The van der Waals surface area contributed by atoms with Gasteiger partial charge in [-0.3, -0.25) is 4.79 Å². The van der Waals surface area contributed by atoms with Crippen LogP contribution >= 0.6 is 0 Å². The Morgan fingerprint density at radius 1 is 0.548 bits per heavy atom. The van der Waals surface area contributed by atoms with E-state index in [4.69, 9.17) is 9.47 Å². The van der Waals surface area contributed by atoms with Crippen LogP contribution in [-0.2, 0) is 14.3 Å². The molecular weight excluding hydrogens is 779 g/mol. The van der Waals surface area contributed by atoms with Crippen LogP contribution in [0, 0.1) is 0 Å². The number of allylic oxidation sites excluding steroid dienone is 23. The van der Waals surface area contributed by atoms with Crippen LogP contribution in [-0.4, -0.2) is 87.5 Å². The largest absolute Gasteiger partial charge is 0.394 e. The second kappa shape index (κ2) is 41.1. The zero-order chi connectivity index (χ0) is 45.1. The van der Waals surface area contributed by atoms with E-state index in [0.29, 0.717) is 12.8 Å². The Bertz CT molecular complexity index is 1460. The van der Waals surface area contributed by atoms with Gasteiger partial charge in [0.15, 0.2) is 6.29 Å². The van der Waals surface area contributed by atoms with Gasteiger partial charge in [0.05, 0.1) is 25.4 Å². The van der Waals surface area contributed by atoms with E-state index in [1.54, 1.807) is 6.08 Å². The lowest BCUT2D eigenvalue weighted by molar-refractivity contribution is -0.302. The number of hydrogen-bond acceptors (Lipinski definition) is 8. The summed E-state index contributed by atoms with van der Waals surface area (Å²) in [5.41, 5.74) is 0. The highest BCUT2D eigenvalue weighted by atomic mass is 16.7. The van der Waals surface area contributed by atoms with E-state index in [2.05, 4.69) is 153 Å². The van der Waals surface area contributed by atoms with Gasteiger partial charge in [0.1, 0.15) is 24.4 Å². The maximum Gasteiger partial charge on any atom is 0.220 e. The van der Waals surface area contributed by atoms with E-state index >= 15 is 0 Å². The van der Waals surface area contributed by atoms with Gasteiger partial charge < -0.3 is 40.3 Å². The van der Waals surface area contributed by atoms with E-state index in [1.165, 1.54) is 0 Å². The summed E-state index contributed by atoms with van der Waals surface area (Å²) in [5, 5.41) is 53.9. The highest BCUT2D eigenvalue weighted by Crippen LogP contribution is 2.22. The fraction of sp³-hybridized carbons (Fsp3) is 0.528. The smallest absolute Gasteiger partial charge is 0.220 e. The highest BCUT2D eigenvalue weighted by molar-refractivity contribution is 5.76. The first-order valence-electron chi connectivity index (χ1n) is 23.1. The van der Waals surface area contributed by atoms with Crippen molar-refractivity contribution in [2.75, 3.05) is 13.2 Å². The van der Waals surface area contributed by atoms with Crippen molar-refractivity contribution >= 4 is 5.91 Å². The van der Waals surface area contributed by atoms with Gasteiger partial charge in [-0.25, -0.2) is 0 Å². The molecule has 7 atom stereocenters. The van der Waals surface area contributed by atoms with Gasteiger partial charge >= 0.3 is 0 Å². The summed E-state index contributed by atoms with van der Waals surface area (Å²) in [5.74, 6) is -0.260. The molecule has 1 fully saturated rings. The zero-order valence-electron chi connectivity index (χ0n) is 37.8. The number of carbonyl (C=O) groups is 1. The standard InChI is InChI=1S/C53H81NO8/c1-3-5-7-9-11-13-15-16-17-18-19-20-21-22-23-24-25-26-27-28-29-30-31-32-33-35-37-39-41-43-49(57)54-46(45-61-53-52(60)51(59)50(58)48(44-55)62-53)47(56)42-40-38-36-34-14-12-10-8-6-4-2/h5-8,11,13-14,16-17,19-20,22-23,25-26,28-29,31-32,34-35,37,40,42,46-48,50-53,55-56,58-60H,3-4,9-10,12,15,18,21,24,27,30,33,36,38-39,41,43-45H2,1-2H3,(H,54,57)/b7-5-,8-6+,13-11-,17-16-,20-19-,23-22-,26-25-,29-28-,32-31-,34-14+,37-35-,42-40+. The van der Waals surface area contributed by atoms with Crippen LogP contribution in [0.5, 0.6) is 0 Å². The van der Waals surface area contributed by atoms with Crippen LogP contribution < -0.4 is 5.32 Å². The van der Waals surface area contributed by atoms with E-state index in [1.807, 2.05) is 6.08 Å². The lowest BCUT2D eigenvalue weighted by Crippen LogP contribution is -2.60. The lowest BCUT2D eigenvalue weighted by atomic mass is 9.99. The van der Waals surface area contributed by atoms with Crippen molar-refractivity contribution in [1.29, 1.82) is 0 Å². The number of carbonyl (C=O) groups excluding carboxylic acids is 1. The zero-order valence-corrected chi connectivity index (χ0v) is 37.8. The molecule has 1 saturated heterocycles. The third-order valence-corrected chi connectivity index (χ3v) is 9.64. The molecule has 0 spiro atoms. The molecule has 6 N–H and O–H groups in total. The average molecular weight is 860 g/mol. The van der Waals surface area contributed by atoms with Crippen molar-refractivity contribution in [3.8, 4) is 0 Å². The van der Waals surface area contributed by atoms with Crippen LogP contribution in [0.25, 0.3) is 0 Å². The Morgan fingerprint density at radius 2 is 0.935 bits per heavy atom. The van der Waals surface area contributed by atoms with Crippen molar-refractivity contribution < 1.29 is 39.8 Å². The van der Waals surface area contributed by atoms with E-state index < -0.39 is 49.5 Å². The minimum absolute atomic E-state index is 0.241. The van der Waals surface area contributed by atoms with E-state index in [9.17, 15) is 30.3 Å². The molecule has 1 aliphatic rings.